The summed E-state index contributed by atoms with van der Waals surface area (Å²) in [5.41, 5.74) is 2.46. The highest BCUT2D eigenvalue weighted by atomic mass is 32.4. The molecule has 1 aromatic carbocycles. The third kappa shape index (κ3) is 5.06. The summed E-state index contributed by atoms with van der Waals surface area (Å²) in [6.07, 6.45) is 0.314. The summed E-state index contributed by atoms with van der Waals surface area (Å²) >= 11 is 11.5. The predicted octanol–water partition coefficient (Wildman–Crippen LogP) is 5.18. The van der Waals surface area contributed by atoms with Crippen LogP contribution in [0.15, 0.2) is 24.3 Å². The molecule has 108 valence electrons. The third-order valence-electron chi connectivity index (χ3n) is 3.21. The van der Waals surface area contributed by atoms with Gasteiger partial charge in [-0.05, 0) is 44.2 Å². The second kappa shape index (κ2) is 6.96. The van der Waals surface area contributed by atoms with Crippen LogP contribution in [0.4, 0.5) is 0 Å². The Hall–Kier alpha value is 0.480. The Morgan fingerprint density at radius 2 is 1.53 bits per heavy atom. The molecule has 5 heteroatoms. The van der Waals surface area contributed by atoms with E-state index in [1.807, 2.05) is 13.3 Å². The van der Waals surface area contributed by atoms with E-state index in [2.05, 4.69) is 45.0 Å². The van der Waals surface area contributed by atoms with E-state index >= 15 is 0 Å². The molecule has 0 bridgehead atoms. The van der Waals surface area contributed by atoms with E-state index in [9.17, 15) is 0 Å². The van der Waals surface area contributed by atoms with E-state index in [0.29, 0.717) is 0 Å². The van der Waals surface area contributed by atoms with Crippen LogP contribution in [0.2, 0.25) is 0 Å². The van der Waals surface area contributed by atoms with Crippen LogP contribution >= 0.6 is 12.3 Å². The minimum atomic E-state index is -1.73. The molecule has 1 nitrogen and oxygen atoms in total. The van der Waals surface area contributed by atoms with E-state index in [1.165, 1.54) is 11.1 Å². The molecule has 0 radical (unpaired) electrons. The fraction of sp³-hybridized carbons (Fsp3) is 0.571. The van der Waals surface area contributed by atoms with Crippen molar-refractivity contribution in [1.82, 2.24) is 0 Å². The summed E-state index contributed by atoms with van der Waals surface area (Å²) in [4.78, 5) is 0. The molecule has 0 fully saturated rings. The van der Waals surface area contributed by atoms with Gasteiger partial charge in [0, 0.05) is 0 Å². The smallest absolute Gasteiger partial charge is 0.116 e. The van der Waals surface area contributed by atoms with E-state index in [-0.39, 0.29) is 5.85 Å². The van der Waals surface area contributed by atoms with Gasteiger partial charge in [-0.2, -0.15) is 0 Å². The van der Waals surface area contributed by atoms with E-state index < -0.39 is 12.3 Å². The molecule has 1 aromatic rings. The fourth-order valence-corrected chi connectivity index (χ4v) is 6.93. The number of hydrogen-bond donors (Lipinski definition) is 0. The number of aryl methyl sites for hydroxylation is 1. The molecule has 0 aliphatic rings. The van der Waals surface area contributed by atoms with Crippen LogP contribution in [0.1, 0.15) is 30.8 Å². The van der Waals surface area contributed by atoms with Crippen LogP contribution in [0, 0.1) is 6.92 Å². The van der Waals surface area contributed by atoms with Gasteiger partial charge in [-0.3, -0.25) is 0 Å². The van der Waals surface area contributed by atoms with E-state index in [0.717, 1.165) is 12.3 Å². The average molecular weight is 334 g/mol. The molecule has 0 saturated heterocycles. The molecule has 0 unspecified atom stereocenters. The number of rotatable bonds is 6. The highest BCUT2D eigenvalue weighted by molar-refractivity contribution is 8.15. The van der Waals surface area contributed by atoms with Crippen molar-refractivity contribution >= 4 is 35.9 Å². The Kier molecular flexibility index (Phi) is 6.42. The van der Waals surface area contributed by atoms with Gasteiger partial charge < -0.3 is 4.52 Å². The lowest BCUT2D eigenvalue weighted by Crippen LogP contribution is -2.07. The Morgan fingerprint density at radius 1 is 1.05 bits per heavy atom. The maximum atomic E-state index is 6.28. The summed E-state index contributed by atoms with van der Waals surface area (Å²) < 4.78 is 6.28. The van der Waals surface area contributed by atoms with Gasteiger partial charge in [-0.25, -0.2) is 0 Å². The summed E-state index contributed by atoms with van der Waals surface area (Å²) in [7, 11) is 0. The van der Waals surface area contributed by atoms with Gasteiger partial charge in [-0.15, -0.1) is 0 Å². The van der Waals surface area contributed by atoms with Crippen LogP contribution in [0.25, 0.3) is 0 Å². The summed E-state index contributed by atoms with van der Waals surface area (Å²) in [6.45, 7) is 10.5. The molecule has 0 spiro atoms. The predicted molar refractivity (Wildman–Crippen MR) is 96.5 cm³/mol. The molecule has 1 rings (SSSR count). The summed E-state index contributed by atoms with van der Waals surface area (Å²) in [5.74, 6) is 0.0268. The van der Waals surface area contributed by atoms with Crippen molar-refractivity contribution < 1.29 is 4.52 Å². The Morgan fingerprint density at radius 3 is 1.89 bits per heavy atom. The minimum Gasteiger partial charge on any atom is -0.338 e. The highest BCUT2D eigenvalue weighted by Crippen LogP contribution is 2.64. The normalized spacial score (nSPS) is 14.4. The second-order valence-electron chi connectivity index (χ2n) is 5.21. The summed E-state index contributed by atoms with van der Waals surface area (Å²) in [6, 6.07) is 7.01. The zero-order valence-corrected chi connectivity index (χ0v) is 15.8. The number of hydrogen-bond acceptors (Lipinski definition) is 3. The highest BCUT2D eigenvalue weighted by Gasteiger charge is 2.29. The molecule has 0 aliphatic heterocycles. The van der Waals surface area contributed by atoms with Gasteiger partial charge in [0.05, 0.1) is 6.26 Å². The molecule has 0 saturated carbocycles. The van der Waals surface area contributed by atoms with Gasteiger partial charge in [0.15, 0.2) is 0 Å². The molecular weight excluding hydrogens is 310 g/mol. The SMILES string of the molecule is CCP(=S)(CC)[C@@H](OP(C)(C)=S)c1ccc(C)cc1. The average Bonchev–Trinajstić information content (AvgIpc) is 2.35. The zero-order chi connectivity index (χ0) is 14.7. The van der Waals surface area contributed by atoms with Crippen molar-refractivity contribution in [1.29, 1.82) is 0 Å². The van der Waals surface area contributed by atoms with Crippen LogP contribution in [0.3, 0.4) is 0 Å². The lowest BCUT2D eigenvalue weighted by molar-refractivity contribution is 0.324. The first-order valence-corrected chi connectivity index (χ1v) is 13.4. The van der Waals surface area contributed by atoms with Gasteiger partial charge in [0.25, 0.3) is 0 Å². The second-order valence-corrected chi connectivity index (χ2v) is 16.4. The third-order valence-corrected chi connectivity index (χ3v) is 9.88. The van der Waals surface area contributed by atoms with Crippen molar-refractivity contribution in [2.45, 2.75) is 26.6 Å². The fourth-order valence-electron chi connectivity index (χ4n) is 1.95. The van der Waals surface area contributed by atoms with Crippen LogP contribution in [0.5, 0.6) is 0 Å². The van der Waals surface area contributed by atoms with Crippen molar-refractivity contribution in [3.63, 3.8) is 0 Å². The molecular formula is C14H24OP2S2. The van der Waals surface area contributed by atoms with Crippen molar-refractivity contribution in [3.05, 3.63) is 35.4 Å². The molecule has 0 aliphatic carbocycles. The van der Waals surface area contributed by atoms with Gasteiger partial charge in [0.2, 0.25) is 0 Å². The minimum absolute atomic E-state index is 0.0268. The number of benzene rings is 1. The van der Waals surface area contributed by atoms with E-state index in [4.69, 9.17) is 28.1 Å². The zero-order valence-electron chi connectivity index (χ0n) is 12.4. The molecule has 0 heterocycles. The maximum Gasteiger partial charge on any atom is 0.116 e. The van der Waals surface area contributed by atoms with Crippen LogP contribution < -0.4 is 0 Å². The molecule has 19 heavy (non-hydrogen) atoms. The first kappa shape index (κ1) is 17.5. The largest absolute Gasteiger partial charge is 0.338 e. The lowest BCUT2D eigenvalue weighted by Gasteiger charge is -2.32. The first-order chi connectivity index (χ1) is 8.72. The topological polar surface area (TPSA) is 9.23 Å². The molecule has 0 amide bonds. The Balaban J connectivity index is 3.23. The lowest BCUT2D eigenvalue weighted by atomic mass is 10.2. The first-order valence-electron chi connectivity index (χ1n) is 6.59. The maximum absolute atomic E-state index is 6.28. The summed E-state index contributed by atoms with van der Waals surface area (Å²) in [5, 5.41) is 0. The molecule has 0 aromatic heterocycles. The van der Waals surface area contributed by atoms with Crippen LogP contribution in [-0.2, 0) is 28.1 Å². The van der Waals surface area contributed by atoms with Gasteiger partial charge in [0.1, 0.15) is 5.85 Å². The van der Waals surface area contributed by atoms with Gasteiger partial charge >= 0.3 is 0 Å². The van der Waals surface area contributed by atoms with Crippen molar-refractivity contribution in [3.8, 4) is 0 Å². The quantitative estimate of drug-likeness (QED) is 0.663. The monoisotopic (exact) mass is 334 g/mol. The van der Waals surface area contributed by atoms with Gasteiger partial charge in [-0.1, -0.05) is 67.3 Å². The van der Waals surface area contributed by atoms with E-state index in [1.54, 1.807) is 0 Å². The Bertz CT molecular complexity index is 497. The standard InChI is InChI=1S/C14H24OP2S2/c1-6-17(19,7-2)14(15-16(4,5)18)13-10-8-12(3)9-11-13/h8-11,14H,6-7H2,1-5H3/t14-/m1/s1. The van der Waals surface area contributed by atoms with Crippen molar-refractivity contribution in [2.24, 2.45) is 0 Å². The van der Waals surface area contributed by atoms with Crippen LogP contribution in [-0.4, -0.2) is 25.7 Å². The van der Waals surface area contributed by atoms with Crippen molar-refractivity contribution in [2.75, 3.05) is 25.7 Å². The Labute approximate surface area is 128 Å². The molecule has 0 N–H and O–H groups in total. The molecule has 1 atom stereocenters.